The molecule has 3 rings (SSSR count). The largest absolute Gasteiger partial charge is 0.724 e. The number of carbonyl (C=O) groups excluding carboxylic acids is 2. The van der Waals surface area contributed by atoms with Crippen LogP contribution in [0.15, 0.2) is 91.0 Å². The summed E-state index contributed by atoms with van der Waals surface area (Å²) in [7, 11) is 5.22. The van der Waals surface area contributed by atoms with Crippen LogP contribution in [0.25, 0.3) is 5.41 Å². The number of nitrogens with two attached hydrogens (primary N) is 1. The predicted molar refractivity (Wildman–Crippen MR) is 171 cm³/mol. The summed E-state index contributed by atoms with van der Waals surface area (Å²) in [6.45, 7) is 0.210. The normalized spacial score (nSPS) is 8.98. The molecule has 2 amide bonds. The number of hydrazine groups is 3. The van der Waals surface area contributed by atoms with Crippen LogP contribution in [-0.2, 0) is 37.5 Å². The Hall–Kier alpha value is -3.00. The third kappa shape index (κ3) is 15.0. The first-order valence-corrected chi connectivity index (χ1v) is 12.9. The molecule has 213 valence electrons. The molecule has 10 nitrogen and oxygen atoms in total. The van der Waals surface area contributed by atoms with Crippen molar-refractivity contribution in [2.24, 2.45) is 5.84 Å². The quantitative estimate of drug-likeness (QED) is 0.0767. The van der Waals surface area contributed by atoms with Gasteiger partial charge in [-0.1, -0.05) is 128 Å². The van der Waals surface area contributed by atoms with E-state index in [0.717, 1.165) is 16.7 Å². The van der Waals surface area contributed by atoms with Gasteiger partial charge in [-0.3, -0.25) is 14.8 Å². The van der Waals surface area contributed by atoms with Crippen molar-refractivity contribution in [1.82, 2.24) is 31.2 Å². The van der Waals surface area contributed by atoms with Gasteiger partial charge < -0.3 is 15.7 Å². The standard InChI is InChI=1S/C18H21N5OS2.C8H10N2S.CNO.Y/c1-22(16(25)14-9-5-3-6-10-14)20-13-19-18(24)21-23(2)17(26)15-11-7-4-8-12-15;1-10(9)8(11)7-5-3-2-4-6-7;2-1-3;/h3-12,20H,13H2,1-2H3,(H2,19,21,24);2-6H,9H2,1H3;;/q;;-1;. The number of thiocarbonyl (C=S) groups is 3. The Labute approximate surface area is 281 Å². The average Bonchev–Trinajstić information content (AvgIpc) is 2.97. The molecule has 0 saturated heterocycles. The number of benzene rings is 3. The molecule has 0 spiro atoms. The fraction of sp³-hybridized carbons (Fsp3) is 0.148. The van der Waals surface area contributed by atoms with Crippen molar-refractivity contribution >= 4 is 63.7 Å². The molecule has 14 heteroatoms. The number of nitrogens with one attached hydrogen (secondary N) is 3. The molecular weight excluding hydrogens is 653 g/mol. The van der Waals surface area contributed by atoms with Crippen LogP contribution in [0.1, 0.15) is 16.7 Å². The van der Waals surface area contributed by atoms with Gasteiger partial charge in [-0.15, -0.1) is 0 Å². The third-order valence-corrected chi connectivity index (χ3v) is 6.37. The minimum atomic E-state index is -0.377. The van der Waals surface area contributed by atoms with Gasteiger partial charge in [0.1, 0.15) is 15.0 Å². The van der Waals surface area contributed by atoms with Crippen LogP contribution in [0.2, 0.25) is 0 Å². The van der Waals surface area contributed by atoms with Gasteiger partial charge in [0.05, 0.1) is 6.67 Å². The maximum Gasteiger partial charge on any atom is 0.334 e. The number of hydrogen-bond acceptors (Lipinski definition) is 7. The fourth-order valence-electron chi connectivity index (χ4n) is 2.89. The van der Waals surface area contributed by atoms with Crippen LogP contribution < -0.4 is 22.0 Å². The molecule has 0 unspecified atom stereocenters. The summed E-state index contributed by atoms with van der Waals surface area (Å²) in [5, 5.41) is 14.1. The zero-order chi connectivity index (χ0) is 29.9. The van der Waals surface area contributed by atoms with Crippen molar-refractivity contribution in [2.75, 3.05) is 27.8 Å². The molecule has 0 heterocycles. The van der Waals surface area contributed by atoms with Gasteiger partial charge in [-0.25, -0.2) is 21.5 Å². The van der Waals surface area contributed by atoms with Gasteiger partial charge in [0.15, 0.2) is 0 Å². The molecule has 0 aromatic heterocycles. The van der Waals surface area contributed by atoms with Crippen LogP contribution in [0.5, 0.6) is 0 Å². The van der Waals surface area contributed by atoms with Crippen molar-refractivity contribution in [2.45, 2.75) is 0 Å². The maximum absolute atomic E-state index is 12.0. The molecule has 3 aromatic carbocycles. The zero-order valence-corrected chi connectivity index (χ0v) is 28.1. The molecule has 0 aliphatic carbocycles. The second kappa shape index (κ2) is 21.7. The SMILES string of the molecule is CN(N)C(=S)c1ccccc1.CN(NCNC(=O)NN(C)C(=S)c1ccccc1)C(=S)c1ccccc1.[N-]=C=O.[Y]. The average molecular weight is 685 g/mol. The molecule has 0 fully saturated rings. The monoisotopic (exact) mass is 684 g/mol. The number of nitrogens with zero attached hydrogens (tertiary/aromatic N) is 4. The number of rotatable bonds is 6. The summed E-state index contributed by atoms with van der Waals surface area (Å²) in [6.07, 6.45) is 0.500. The predicted octanol–water partition coefficient (Wildman–Crippen LogP) is 3.33. The number of carbonyl (C=O) groups is 1. The van der Waals surface area contributed by atoms with Crippen LogP contribution in [-0.4, -0.2) is 69.9 Å². The summed E-state index contributed by atoms with van der Waals surface area (Å²) in [6, 6.07) is 28.4. The van der Waals surface area contributed by atoms with E-state index < -0.39 is 0 Å². The smallest absolute Gasteiger partial charge is 0.334 e. The van der Waals surface area contributed by atoms with Gasteiger partial charge in [0.25, 0.3) is 0 Å². The number of isocyanates is 1. The molecule has 0 atom stereocenters. The van der Waals surface area contributed by atoms with Gasteiger partial charge in [-0.05, 0) is 6.08 Å². The van der Waals surface area contributed by atoms with E-state index in [2.05, 4.69) is 16.2 Å². The number of hydrogen-bond donors (Lipinski definition) is 4. The van der Waals surface area contributed by atoms with Gasteiger partial charge in [0, 0.05) is 70.5 Å². The van der Waals surface area contributed by atoms with E-state index in [1.165, 1.54) is 10.0 Å². The topological polar surface area (TPSA) is 128 Å². The summed E-state index contributed by atoms with van der Waals surface area (Å²) >= 11 is 15.8. The third-order valence-electron chi connectivity index (χ3n) is 4.83. The van der Waals surface area contributed by atoms with E-state index in [1.807, 2.05) is 91.0 Å². The van der Waals surface area contributed by atoms with E-state index >= 15 is 0 Å². The van der Waals surface area contributed by atoms with Gasteiger partial charge >= 0.3 is 6.03 Å². The summed E-state index contributed by atoms with van der Waals surface area (Å²) in [4.78, 5) is 22.0. The second-order valence-electron chi connectivity index (χ2n) is 7.79. The van der Waals surface area contributed by atoms with Crippen LogP contribution >= 0.6 is 36.7 Å². The molecule has 0 bridgehead atoms. The molecule has 0 saturated carbocycles. The molecular formula is C27H31N8O2S3Y-. The van der Waals surface area contributed by atoms with E-state index in [-0.39, 0.29) is 45.4 Å². The molecule has 1 radical (unpaired) electrons. The van der Waals surface area contributed by atoms with Gasteiger partial charge in [-0.2, -0.15) is 0 Å². The Bertz CT molecular complexity index is 1260. The number of amides is 2. The second-order valence-corrected chi connectivity index (χ2v) is 8.95. The maximum atomic E-state index is 12.0. The van der Waals surface area contributed by atoms with E-state index in [4.69, 9.17) is 52.7 Å². The Balaban J connectivity index is 0.000000888. The van der Waals surface area contributed by atoms with E-state index in [1.54, 1.807) is 26.2 Å². The Kier molecular flexibility index (Phi) is 20.1. The van der Waals surface area contributed by atoms with Crippen molar-refractivity contribution in [3.8, 4) is 0 Å². The van der Waals surface area contributed by atoms with E-state index in [9.17, 15) is 4.79 Å². The Morgan fingerprint density at radius 2 is 1.10 bits per heavy atom. The first-order chi connectivity index (χ1) is 19.1. The molecule has 0 aliphatic heterocycles. The zero-order valence-electron chi connectivity index (χ0n) is 22.9. The molecule has 5 N–H and O–H groups in total. The molecule has 41 heavy (non-hydrogen) atoms. The van der Waals surface area contributed by atoms with Crippen molar-refractivity contribution < 1.29 is 42.3 Å². The summed E-state index contributed by atoms with van der Waals surface area (Å²) < 4.78 is 0. The minimum absolute atomic E-state index is 0. The first-order valence-electron chi connectivity index (χ1n) is 11.7. The minimum Gasteiger partial charge on any atom is -0.724 e. The fourth-order valence-corrected chi connectivity index (χ4v) is 3.40. The first kappa shape index (κ1) is 38.0. The van der Waals surface area contributed by atoms with Gasteiger partial charge in [0.2, 0.25) is 0 Å². The molecule has 0 aliphatic rings. The van der Waals surface area contributed by atoms with Crippen molar-refractivity contribution in [1.29, 1.82) is 0 Å². The van der Waals surface area contributed by atoms with E-state index in [0.29, 0.717) is 21.0 Å². The van der Waals surface area contributed by atoms with Crippen LogP contribution in [0, 0.1) is 0 Å². The van der Waals surface area contributed by atoms with Crippen LogP contribution in [0.4, 0.5) is 4.79 Å². The Morgan fingerprint density at radius 1 is 0.756 bits per heavy atom. The van der Waals surface area contributed by atoms with Crippen molar-refractivity contribution in [3.63, 3.8) is 0 Å². The molecule has 3 aromatic rings. The summed E-state index contributed by atoms with van der Waals surface area (Å²) in [5.74, 6) is 5.46. The van der Waals surface area contributed by atoms with Crippen molar-refractivity contribution in [3.05, 3.63) is 113 Å². The summed E-state index contributed by atoms with van der Waals surface area (Å²) in [5.41, 5.74) is 8.44. The number of urea groups is 1. The Morgan fingerprint density at radius 3 is 1.46 bits per heavy atom. The van der Waals surface area contributed by atoms with Crippen LogP contribution in [0.3, 0.4) is 0 Å².